The van der Waals surface area contributed by atoms with Gasteiger partial charge in [0, 0.05) is 18.0 Å². The van der Waals surface area contributed by atoms with E-state index in [1.165, 1.54) is 18.9 Å². The van der Waals surface area contributed by atoms with Crippen LogP contribution in [-0.4, -0.2) is 33.4 Å². The van der Waals surface area contributed by atoms with Gasteiger partial charge in [0.2, 0.25) is 0 Å². The second-order valence-corrected chi connectivity index (χ2v) is 4.68. The van der Waals surface area contributed by atoms with E-state index in [4.69, 9.17) is 0 Å². The van der Waals surface area contributed by atoms with Gasteiger partial charge < -0.3 is 4.74 Å². The van der Waals surface area contributed by atoms with Crippen molar-refractivity contribution in [3.63, 3.8) is 0 Å². The van der Waals surface area contributed by atoms with Gasteiger partial charge in [-0.2, -0.15) is 5.10 Å². The van der Waals surface area contributed by atoms with Gasteiger partial charge in [-0.05, 0) is 6.07 Å². The summed E-state index contributed by atoms with van der Waals surface area (Å²) in [5.74, 6) is 0.333. The quantitative estimate of drug-likeness (QED) is 0.469. The molecule has 0 aliphatic carbocycles. The Balaban J connectivity index is 2.01. The Kier molecular flexibility index (Phi) is 3.63. The molecule has 6 heteroatoms. The first kappa shape index (κ1) is 11.9. The van der Waals surface area contributed by atoms with E-state index in [2.05, 4.69) is 14.8 Å². The highest BCUT2D eigenvalue weighted by molar-refractivity contribution is 7.99. The van der Waals surface area contributed by atoms with Crippen LogP contribution < -0.4 is 0 Å². The van der Waals surface area contributed by atoms with Crippen LogP contribution in [0.2, 0.25) is 0 Å². The van der Waals surface area contributed by atoms with Crippen LogP contribution in [-0.2, 0) is 9.53 Å². The van der Waals surface area contributed by atoms with Crippen LogP contribution in [0.1, 0.15) is 6.92 Å². The number of thioether (sulfide) groups is 1. The van der Waals surface area contributed by atoms with Crippen molar-refractivity contribution in [2.75, 3.05) is 12.9 Å². The van der Waals surface area contributed by atoms with Crippen LogP contribution in [0, 0.1) is 5.92 Å². The van der Waals surface area contributed by atoms with Gasteiger partial charge in [-0.1, -0.05) is 6.92 Å². The highest BCUT2D eigenvalue weighted by Gasteiger charge is 2.13. The van der Waals surface area contributed by atoms with Gasteiger partial charge in [-0.3, -0.25) is 4.79 Å². The Morgan fingerprint density at radius 1 is 1.59 bits per heavy atom. The predicted molar refractivity (Wildman–Crippen MR) is 64.9 cm³/mol. The van der Waals surface area contributed by atoms with E-state index in [1.54, 1.807) is 10.7 Å². The topological polar surface area (TPSA) is 56.5 Å². The minimum atomic E-state index is -0.192. The molecule has 90 valence electrons. The zero-order chi connectivity index (χ0) is 12.3. The zero-order valence-electron chi connectivity index (χ0n) is 9.66. The molecule has 0 fully saturated rings. The lowest BCUT2D eigenvalue weighted by Gasteiger charge is -2.07. The summed E-state index contributed by atoms with van der Waals surface area (Å²) in [5, 5.41) is 4.95. The smallest absolute Gasteiger partial charge is 0.309 e. The molecular formula is C11H13N3O2S. The number of fused-ring (bicyclic) bond motifs is 1. The highest BCUT2D eigenvalue weighted by Crippen LogP contribution is 2.19. The number of esters is 1. The lowest BCUT2D eigenvalue weighted by atomic mass is 10.2. The summed E-state index contributed by atoms with van der Waals surface area (Å²) in [5.41, 5.74) is 0.806. The lowest BCUT2D eigenvalue weighted by molar-refractivity contribution is -0.143. The zero-order valence-corrected chi connectivity index (χ0v) is 10.5. The van der Waals surface area contributed by atoms with E-state index < -0.39 is 0 Å². The Labute approximate surface area is 103 Å². The molecule has 5 nitrogen and oxygen atoms in total. The van der Waals surface area contributed by atoms with Gasteiger partial charge in [0.15, 0.2) is 5.65 Å². The van der Waals surface area contributed by atoms with Crippen molar-refractivity contribution in [2.45, 2.75) is 11.9 Å². The number of rotatable bonds is 4. The molecule has 0 aromatic carbocycles. The number of aromatic nitrogens is 3. The Bertz CT molecular complexity index is 526. The van der Waals surface area contributed by atoms with Crippen molar-refractivity contribution in [3.8, 4) is 0 Å². The maximum Gasteiger partial charge on any atom is 0.309 e. The minimum absolute atomic E-state index is 0.132. The Hall–Kier alpha value is -1.56. The van der Waals surface area contributed by atoms with E-state index in [1.807, 2.05) is 25.3 Å². The molecule has 0 amide bonds. The molecule has 0 saturated heterocycles. The first-order chi connectivity index (χ1) is 8.20. The summed E-state index contributed by atoms with van der Waals surface area (Å²) in [6.07, 6.45) is 3.56. The number of carbonyl (C=O) groups is 1. The van der Waals surface area contributed by atoms with Crippen molar-refractivity contribution < 1.29 is 9.53 Å². The first-order valence-corrected chi connectivity index (χ1v) is 6.20. The third-order valence-corrected chi connectivity index (χ3v) is 3.51. The molecule has 1 atom stereocenters. The normalized spacial score (nSPS) is 12.6. The molecule has 0 N–H and O–H groups in total. The summed E-state index contributed by atoms with van der Waals surface area (Å²) in [6.45, 7) is 1.84. The number of methoxy groups -OCH3 is 1. The number of carbonyl (C=O) groups excluding carboxylic acids is 1. The molecule has 1 unspecified atom stereocenters. The molecule has 0 radical (unpaired) electrons. The summed E-state index contributed by atoms with van der Waals surface area (Å²) < 4.78 is 6.37. The van der Waals surface area contributed by atoms with Crippen LogP contribution in [0.15, 0.2) is 29.6 Å². The molecule has 0 spiro atoms. The van der Waals surface area contributed by atoms with E-state index in [-0.39, 0.29) is 11.9 Å². The Morgan fingerprint density at radius 2 is 2.41 bits per heavy atom. The fourth-order valence-electron chi connectivity index (χ4n) is 1.36. The van der Waals surface area contributed by atoms with E-state index in [9.17, 15) is 4.79 Å². The third-order valence-electron chi connectivity index (χ3n) is 2.32. The van der Waals surface area contributed by atoms with Crippen LogP contribution in [0.25, 0.3) is 5.65 Å². The van der Waals surface area contributed by atoms with E-state index >= 15 is 0 Å². The third kappa shape index (κ3) is 2.76. The van der Waals surface area contributed by atoms with E-state index in [0.29, 0.717) is 5.75 Å². The van der Waals surface area contributed by atoms with Crippen molar-refractivity contribution in [1.82, 2.24) is 14.6 Å². The van der Waals surface area contributed by atoms with Gasteiger partial charge >= 0.3 is 5.97 Å². The van der Waals surface area contributed by atoms with Crippen LogP contribution >= 0.6 is 11.8 Å². The fourth-order valence-corrected chi connectivity index (χ4v) is 2.23. The maximum absolute atomic E-state index is 11.2. The molecule has 2 aromatic heterocycles. The van der Waals surface area contributed by atoms with Gasteiger partial charge in [0.25, 0.3) is 0 Å². The highest BCUT2D eigenvalue weighted by atomic mass is 32.2. The van der Waals surface area contributed by atoms with Crippen LogP contribution in [0.5, 0.6) is 0 Å². The van der Waals surface area contributed by atoms with Gasteiger partial charge in [-0.25, -0.2) is 9.50 Å². The number of nitrogens with zero attached hydrogens (tertiary/aromatic N) is 3. The second kappa shape index (κ2) is 5.18. The summed E-state index contributed by atoms with van der Waals surface area (Å²) >= 11 is 1.54. The van der Waals surface area contributed by atoms with Crippen molar-refractivity contribution in [3.05, 3.63) is 24.5 Å². The largest absolute Gasteiger partial charge is 0.469 e. The molecule has 0 aliphatic rings. The number of hydrogen-bond acceptors (Lipinski definition) is 5. The summed E-state index contributed by atoms with van der Waals surface area (Å²) in [7, 11) is 1.40. The van der Waals surface area contributed by atoms with Gasteiger partial charge in [0.1, 0.15) is 5.03 Å². The predicted octanol–water partition coefficient (Wildman–Crippen LogP) is 1.63. The van der Waals surface area contributed by atoms with E-state index in [0.717, 1.165) is 10.7 Å². The molecule has 0 bridgehead atoms. The summed E-state index contributed by atoms with van der Waals surface area (Å²) in [4.78, 5) is 15.6. The monoisotopic (exact) mass is 251 g/mol. The lowest BCUT2D eigenvalue weighted by Crippen LogP contribution is -2.14. The summed E-state index contributed by atoms with van der Waals surface area (Å²) in [6, 6.07) is 3.72. The van der Waals surface area contributed by atoms with Gasteiger partial charge in [-0.15, -0.1) is 11.8 Å². The average Bonchev–Trinajstić information content (AvgIpc) is 2.82. The van der Waals surface area contributed by atoms with Crippen LogP contribution in [0.3, 0.4) is 0 Å². The SMILES string of the molecule is COC(=O)C(C)CSc1ccn2nccc2n1. The molecular weight excluding hydrogens is 238 g/mol. The minimum Gasteiger partial charge on any atom is -0.469 e. The second-order valence-electron chi connectivity index (χ2n) is 3.63. The molecule has 2 heterocycles. The molecule has 2 aromatic rings. The van der Waals surface area contributed by atoms with Crippen LogP contribution in [0.4, 0.5) is 0 Å². The standard InChI is InChI=1S/C11H13N3O2S/c1-8(11(15)16-2)7-17-10-4-6-14-9(13-10)3-5-12-14/h3-6,8H,7H2,1-2H3. The molecule has 0 saturated carbocycles. The average molecular weight is 251 g/mol. The van der Waals surface area contributed by atoms with Crippen molar-refractivity contribution >= 4 is 23.4 Å². The van der Waals surface area contributed by atoms with Gasteiger partial charge in [0.05, 0.1) is 19.2 Å². The number of ether oxygens (including phenoxy) is 1. The maximum atomic E-state index is 11.2. The number of hydrogen-bond donors (Lipinski definition) is 0. The molecule has 2 rings (SSSR count). The molecule has 17 heavy (non-hydrogen) atoms. The van der Waals surface area contributed by atoms with Crippen molar-refractivity contribution in [2.24, 2.45) is 5.92 Å². The van der Waals surface area contributed by atoms with Crippen molar-refractivity contribution in [1.29, 1.82) is 0 Å². The molecule has 0 aliphatic heterocycles. The fraction of sp³-hybridized carbons (Fsp3) is 0.364. The first-order valence-electron chi connectivity index (χ1n) is 5.21. The Morgan fingerprint density at radius 3 is 3.18 bits per heavy atom.